The number of nitrogens with one attached hydrogen (secondary N) is 1. The van der Waals surface area contributed by atoms with Gasteiger partial charge in [0, 0.05) is 16.1 Å². The second-order valence-electron chi connectivity index (χ2n) is 4.26. The molecular formula is C13H16BrNO2S. The molecule has 0 fully saturated rings. The lowest BCUT2D eigenvalue weighted by molar-refractivity contribution is 0.0600. The van der Waals surface area contributed by atoms with Crippen molar-refractivity contribution >= 4 is 44.8 Å². The molecule has 5 heteroatoms. The predicted molar refractivity (Wildman–Crippen MR) is 81.3 cm³/mol. The fourth-order valence-electron chi connectivity index (χ4n) is 1.41. The van der Waals surface area contributed by atoms with Crippen LogP contribution in [0.2, 0.25) is 0 Å². The summed E-state index contributed by atoms with van der Waals surface area (Å²) in [6.07, 6.45) is 0. The van der Waals surface area contributed by atoms with Crippen LogP contribution in [-0.2, 0) is 4.74 Å². The van der Waals surface area contributed by atoms with Gasteiger partial charge in [0.05, 0.1) is 17.7 Å². The highest BCUT2D eigenvalue weighted by atomic mass is 79.9. The zero-order valence-electron chi connectivity index (χ0n) is 10.8. The summed E-state index contributed by atoms with van der Waals surface area (Å²) >= 11 is 8.64. The zero-order valence-corrected chi connectivity index (χ0v) is 13.2. The van der Waals surface area contributed by atoms with Gasteiger partial charge >= 0.3 is 5.97 Å². The van der Waals surface area contributed by atoms with Gasteiger partial charge in [-0.1, -0.05) is 42.0 Å². The summed E-state index contributed by atoms with van der Waals surface area (Å²) in [6, 6.07) is 3.64. The number of anilines is 1. The Morgan fingerprint density at radius 2 is 2.06 bits per heavy atom. The average Bonchev–Trinajstić information content (AvgIpc) is 2.32. The van der Waals surface area contributed by atoms with Crippen LogP contribution in [0.3, 0.4) is 0 Å². The number of carbonyl (C=O) groups is 1. The van der Waals surface area contributed by atoms with Crippen molar-refractivity contribution in [3.63, 3.8) is 0 Å². The zero-order chi connectivity index (χ0) is 13.9. The van der Waals surface area contributed by atoms with Crippen LogP contribution in [0.4, 0.5) is 5.69 Å². The van der Waals surface area contributed by atoms with Crippen LogP contribution in [0.5, 0.6) is 0 Å². The minimum Gasteiger partial charge on any atom is -0.465 e. The van der Waals surface area contributed by atoms with Crippen molar-refractivity contribution in [3.05, 3.63) is 27.7 Å². The number of methoxy groups -OCH3 is 1. The molecule has 0 bridgehead atoms. The Kier molecular flexibility index (Phi) is 5.28. The van der Waals surface area contributed by atoms with Crippen LogP contribution in [0.25, 0.3) is 0 Å². The van der Waals surface area contributed by atoms with E-state index in [2.05, 4.69) is 21.2 Å². The largest absolute Gasteiger partial charge is 0.465 e. The minimum absolute atomic E-state index is 0.250. The summed E-state index contributed by atoms with van der Waals surface area (Å²) in [5.74, 6) is -0.104. The molecule has 1 aromatic rings. The van der Waals surface area contributed by atoms with Crippen LogP contribution in [0.1, 0.15) is 29.8 Å². The van der Waals surface area contributed by atoms with Gasteiger partial charge in [0.15, 0.2) is 0 Å². The number of esters is 1. The number of hydrogen-bond donors (Lipinski definition) is 1. The molecule has 0 unspecified atom stereocenters. The Balaban J connectivity index is 3.17. The number of rotatable bonds is 3. The normalized spacial score (nSPS) is 10.3. The second kappa shape index (κ2) is 6.29. The van der Waals surface area contributed by atoms with Crippen LogP contribution in [0, 0.1) is 12.8 Å². The van der Waals surface area contributed by atoms with Crippen LogP contribution in [-0.4, -0.2) is 18.1 Å². The van der Waals surface area contributed by atoms with E-state index in [4.69, 9.17) is 17.0 Å². The van der Waals surface area contributed by atoms with E-state index in [1.54, 1.807) is 6.07 Å². The van der Waals surface area contributed by atoms with Crippen molar-refractivity contribution in [1.29, 1.82) is 0 Å². The molecule has 0 aromatic heterocycles. The smallest absolute Gasteiger partial charge is 0.338 e. The van der Waals surface area contributed by atoms with Gasteiger partial charge in [-0.15, -0.1) is 0 Å². The third kappa shape index (κ3) is 3.53. The van der Waals surface area contributed by atoms with Crippen molar-refractivity contribution in [3.8, 4) is 0 Å². The molecule has 0 heterocycles. The van der Waals surface area contributed by atoms with E-state index in [0.29, 0.717) is 5.56 Å². The van der Waals surface area contributed by atoms with E-state index in [9.17, 15) is 4.79 Å². The summed E-state index contributed by atoms with van der Waals surface area (Å²) < 4.78 is 5.57. The topological polar surface area (TPSA) is 38.3 Å². The van der Waals surface area contributed by atoms with Crippen molar-refractivity contribution in [2.45, 2.75) is 20.8 Å². The summed E-state index contributed by atoms with van der Waals surface area (Å²) in [4.78, 5) is 12.4. The molecule has 0 aliphatic carbocycles. The molecule has 0 saturated heterocycles. The highest BCUT2D eigenvalue weighted by molar-refractivity contribution is 9.10. The number of benzene rings is 1. The molecule has 1 aromatic carbocycles. The van der Waals surface area contributed by atoms with Gasteiger partial charge in [-0.25, -0.2) is 4.79 Å². The number of thiocarbonyl (C=S) groups is 1. The fraction of sp³-hybridized carbons (Fsp3) is 0.385. The quantitative estimate of drug-likeness (QED) is 0.673. The maximum atomic E-state index is 11.7. The first-order chi connectivity index (χ1) is 8.36. The van der Waals surface area contributed by atoms with Crippen molar-refractivity contribution in [1.82, 2.24) is 0 Å². The SMILES string of the molecule is COC(=O)c1cc(Br)cc(NC(=S)C(C)C)c1C. The van der Waals surface area contributed by atoms with Crippen LogP contribution >= 0.6 is 28.1 Å². The molecule has 98 valence electrons. The number of carbonyl (C=O) groups excluding carboxylic acids is 1. The van der Waals surface area contributed by atoms with Gasteiger partial charge in [0.25, 0.3) is 0 Å². The summed E-state index contributed by atoms with van der Waals surface area (Å²) in [6.45, 7) is 5.90. The third-order valence-corrected chi connectivity index (χ3v) is 3.59. The molecule has 0 aliphatic rings. The molecule has 0 atom stereocenters. The lowest BCUT2D eigenvalue weighted by Crippen LogP contribution is -2.17. The molecule has 0 radical (unpaired) electrons. The van der Waals surface area contributed by atoms with E-state index >= 15 is 0 Å². The molecule has 0 spiro atoms. The fourth-order valence-corrected chi connectivity index (χ4v) is 1.98. The van der Waals surface area contributed by atoms with E-state index in [0.717, 1.165) is 20.7 Å². The Bertz CT molecular complexity index is 486. The first kappa shape index (κ1) is 15.1. The summed E-state index contributed by atoms with van der Waals surface area (Å²) in [7, 11) is 1.37. The van der Waals surface area contributed by atoms with Crippen molar-refractivity contribution < 1.29 is 9.53 Å². The van der Waals surface area contributed by atoms with E-state index in [1.807, 2.05) is 26.8 Å². The molecule has 3 nitrogen and oxygen atoms in total. The van der Waals surface area contributed by atoms with E-state index in [-0.39, 0.29) is 11.9 Å². The van der Waals surface area contributed by atoms with Crippen molar-refractivity contribution in [2.24, 2.45) is 5.92 Å². The molecule has 18 heavy (non-hydrogen) atoms. The van der Waals surface area contributed by atoms with Gasteiger partial charge in [-0.2, -0.15) is 0 Å². The Morgan fingerprint density at radius 1 is 1.44 bits per heavy atom. The first-order valence-corrected chi connectivity index (χ1v) is 6.76. The van der Waals surface area contributed by atoms with Crippen molar-refractivity contribution in [2.75, 3.05) is 12.4 Å². The Hall–Kier alpha value is -0.940. The van der Waals surface area contributed by atoms with Crippen LogP contribution in [0.15, 0.2) is 16.6 Å². The molecule has 0 saturated carbocycles. The molecular weight excluding hydrogens is 314 g/mol. The van der Waals surface area contributed by atoms with Gasteiger partial charge in [0.1, 0.15) is 0 Å². The van der Waals surface area contributed by atoms with Gasteiger partial charge < -0.3 is 10.1 Å². The summed E-state index contributed by atoms with van der Waals surface area (Å²) in [5.41, 5.74) is 2.18. The Morgan fingerprint density at radius 3 is 2.56 bits per heavy atom. The lowest BCUT2D eigenvalue weighted by atomic mass is 10.1. The van der Waals surface area contributed by atoms with E-state index in [1.165, 1.54) is 7.11 Å². The van der Waals surface area contributed by atoms with Gasteiger partial charge in [0.2, 0.25) is 0 Å². The first-order valence-electron chi connectivity index (χ1n) is 5.56. The van der Waals surface area contributed by atoms with E-state index < -0.39 is 0 Å². The highest BCUT2D eigenvalue weighted by Gasteiger charge is 2.15. The van der Waals surface area contributed by atoms with Gasteiger partial charge in [-0.3, -0.25) is 0 Å². The standard InChI is InChI=1S/C13H16BrNO2S/c1-7(2)12(18)15-11-6-9(14)5-10(8(11)3)13(16)17-4/h5-7H,1-4H3,(H,15,18). The molecule has 1 rings (SSSR count). The number of hydrogen-bond acceptors (Lipinski definition) is 3. The second-order valence-corrected chi connectivity index (χ2v) is 5.62. The third-order valence-electron chi connectivity index (χ3n) is 2.56. The predicted octanol–water partition coefficient (Wildman–Crippen LogP) is 3.94. The monoisotopic (exact) mass is 329 g/mol. The number of halogens is 1. The van der Waals surface area contributed by atoms with Crippen LogP contribution < -0.4 is 5.32 Å². The Labute approximate surface area is 121 Å². The molecule has 1 N–H and O–H groups in total. The molecule has 0 amide bonds. The summed E-state index contributed by atoms with van der Waals surface area (Å²) in [5, 5.41) is 3.16. The molecule has 0 aliphatic heterocycles. The minimum atomic E-state index is -0.354. The lowest BCUT2D eigenvalue weighted by Gasteiger charge is -2.15. The average molecular weight is 330 g/mol. The maximum absolute atomic E-state index is 11.7. The highest BCUT2D eigenvalue weighted by Crippen LogP contribution is 2.26. The van der Waals surface area contributed by atoms with Gasteiger partial charge in [-0.05, 0) is 24.6 Å². The number of ether oxygens (including phenoxy) is 1. The maximum Gasteiger partial charge on any atom is 0.338 e.